The molecular weight excluding hydrogens is 305 g/mol. The Morgan fingerprint density at radius 3 is 2.75 bits per heavy atom. The fourth-order valence-electron chi connectivity index (χ4n) is 3.35. The monoisotopic (exact) mass is 327 g/mol. The molecule has 0 spiro atoms. The van der Waals surface area contributed by atoms with E-state index >= 15 is 0 Å². The second kappa shape index (κ2) is 7.47. The zero-order chi connectivity index (χ0) is 16.9. The van der Waals surface area contributed by atoms with Gasteiger partial charge in [-0.1, -0.05) is 36.4 Å². The summed E-state index contributed by atoms with van der Waals surface area (Å²) in [5.74, 6) is -0.0166. The molecular formula is C20H22FNO2. The number of methoxy groups -OCH3 is 1. The number of nitrogens with zero attached hydrogens (tertiary/aromatic N) is 1. The third-order valence-corrected chi connectivity index (χ3v) is 4.60. The molecule has 1 amide bonds. The average molecular weight is 327 g/mol. The quantitative estimate of drug-likeness (QED) is 0.826. The molecule has 3 nitrogen and oxygen atoms in total. The minimum absolute atomic E-state index is 0.137. The van der Waals surface area contributed by atoms with Crippen LogP contribution in [0.25, 0.3) is 0 Å². The van der Waals surface area contributed by atoms with Crippen LogP contribution in [0.4, 0.5) is 4.39 Å². The summed E-state index contributed by atoms with van der Waals surface area (Å²) >= 11 is 0. The Morgan fingerprint density at radius 2 is 2.04 bits per heavy atom. The van der Waals surface area contributed by atoms with E-state index in [1.54, 1.807) is 6.07 Å². The molecule has 1 fully saturated rings. The normalized spacial score (nSPS) is 17.1. The Balaban J connectivity index is 1.63. The fourth-order valence-corrected chi connectivity index (χ4v) is 3.35. The van der Waals surface area contributed by atoms with E-state index in [1.807, 2.05) is 29.2 Å². The Labute approximate surface area is 142 Å². The fraction of sp³-hybridized carbons (Fsp3) is 0.350. The Morgan fingerprint density at radius 1 is 1.25 bits per heavy atom. The van der Waals surface area contributed by atoms with E-state index in [4.69, 9.17) is 4.74 Å². The molecule has 1 saturated heterocycles. The minimum Gasteiger partial charge on any atom is -0.494 e. The van der Waals surface area contributed by atoms with Gasteiger partial charge in [-0.3, -0.25) is 4.79 Å². The number of rotatable bonds is 5. The highest BCUT2D eigenvalue weighted by Gasteiger charge is 2.29. The lowest BCUT2D eigenvalue weighted by Crippen LogP contribution is -2.30. The smallest absolute Gasteiger partial charge is 0.223 e. The Hall–Kier alpha value is -2.36. The maximum absolute atomic E-state index is 13.7. The van der Waals surface area contributed by atoms with Crippen LogP contribution in [-0.2, 0) is 11.2 Å². The molecule has 0 radical (unpaired) electrons. The van der Waals surface area contributed by atoms with E-state index in [1.165, 1.54) is 18.7 Å². The maximum Gasteiger partial charge on any atom is 0.223 e. The summed E-state index contributed by atoms with van der Waals surface area (Å²) in [6, 6.07) is 15.2. The summed E-state index contributed by atoms with van der Waals surface area (Å²) in [4.78, 5) is 14.6. The molecule has 0 aliphatic carbocycles. The third kappa shape index (κ3) is 3.58. The highest BCUT2D eigenvalue weighted by molar-refractivity contribution is 5.77. The van der Waals surface area contributed by atoms with Gasteiger partial charge < -0.3 is 9.64 Å². The predicted octanol–water partition coefficient (Wildman–Crippen LogP) is 4.13. The second-order valence-electron chi connectivity index (χ2n) is 6.12. The molecule has 0 bridgehead atoms. The number of ether oxygens (including phenoxy) is 1. The van der Waals surface area contributed by atoms with Crippen LogP contribution in [0.3, 0.4) is 0 Å². The first-order chi connectivity index (χ1) is 11.7. The number of carbonyl (C=O) groups excluding carboxylic acids is 1. The van der Waals surface area contributed by atoms with Gasteiger partial charge in [0.2, 0.25) is 5.91 Å². The molecule has 24 heavy (non-hydrogen) atoms. The van der Waals surface area contributed by atoms with Crippen molar-refractivity contribution in [3.05, 3.63) is 65.5 Å². The maximum atomic E-state index is 13.7. The van der Waals surface area contributed by atoms with Crippen molar-refractivity contribution < 1.29 is 13.9 Å². The van der Waals surface area contributed by atoms with Crippen molar-refractivity contribution >= 4 is 5.91 Å². The molecule has 3 rings (SSSR count). The summed E-state index contributed by atoms with van der Waals surface area (Å²) in [7, 11) is 1.44. The van der Waals surface area contributed by atoms with Crippen LogP contribution in [0.5, 0.6) is 5.75 Å². The first kappa shape index (κ1) is 16.5. The molecule has 2 aromatic carbocycles. The molecule has 1 unspecified atom stereocenters. The average Bonchev–Trinajstić information content (AvgIpc) is 3.10. The number of hydrogen-bond donors (Lipinski definition) is 0. The molecule has 0 N–H and O–H groups in total. The van der Waals surface area contributed by atoms with Crippen LogP contribution in [0.1, 0.15) is 36.4 Å². The van der Waals surface area contributed by atoms with Gasteiger partial charge in [-0.25, -0.2) is 4.39 Å². The number of aryl methyl sites for hydroxylation is 1. The molecule has 1 aliphatic rings. The minimum atomic E-state index is -0.384. The zero-order valence-corrected chi connectivity index (χ0v) is 13.9. The van der Waals surface area contributed by atoms with E-state index in [9.17, 15) is 9.18 Å². The van der Waals surface area contributed by atoms with Crippen LogP contribution < -0.4 is 4.74 Å². The number of carbonyl (C=O) groups is 1. The summed E-state index contributed by atoms with van der Waals surface area (Å²) in [6.07, 6.45) is 2.97. The molecule has 0 aromatic heterocycles. The number of amides is 1. The zero-order valence-electron chi connectivity index (χ0n) is 13.9. The molecule has 1 atom stereocenters. The van der Waals surface area contributed by atoms with E-state index in [2.05, 4.69) is 12.1 Å². The van der Waals surface area contributed by atoms with E-state index in [0.717, 1.165) is 24.9 Å². The van der Waals surface area contributed by atoms with Gasteiger partial charge in [-0.2, -0.15) is 0 Å². The van der Waals surface area contributed by atoms with Crippen LogP contribution in [0, 0.1) is 5.82 Å². The van der Waals surface area contributed by atoms with Gasteiger partial charge in [-0.05, 0) is 42.5 Å². The predicted molar refractivity (Wildman–Crippen MR) is 91.4 cm³/mol. The van der Waals surface area contributed by atoms with Gasteiger partial charge in [-0.15, -0.1) is 0 Å². The topological polar surface area (TPSA) is 29.5 Å². The summed E-state index contributed by atoms with van der Waals surface area (Å²) in [6.45, 7) is 0.801. The van der Waals surface area contributed by atoms with Crippen LogP contribution >= 0.6 is 0 Å². The summed E-state index contributed by atoms with van der Waals surface area (Å²) in [5.41, 5.74) is 2.01. The van der Waals surface area contributed by atoms with Gasteiger partial charge in [0.15, 0.2) is 11.6 Å². The molecule has 1 aliphatic heterocycles. The van der Waals surface area contributed by atoms with Crippen molar-refractivity contribution in [3.8, 4) is 5.75 Å². The van der Waals surface area contributed by atoms with Crippen molar-refractivity contribution in [2.24, 2.45) is 0 Å². The summed E-state index contributed by atoms with van der Waals surface area (Å²) < 4.78 is 18.7. The Kier molecular flexibility index (Phi) is 5.14. The van der Waals surface area contributed by atoms with Crippen molar-refractivity contribution in [3.63, 3.8) is 0 Å². The van der Waals surface area contributed by atoms with E-state index < -0.39 is 0 Å². The number of halogens is 1. The largest absolute Gasteiger partial charge is 0.494 e. The van der Waals surface area contributed by atoms with Gasteiger partial charge in [0.1, 0.15) is 0 Å². The van der Waals surface area contributed by atoms with Gasteiger partial charge in [0.05, 0.1) is 13.2 Å². The van der Waals surface area contributed by atoms with Crippen LogP contribution in [0.15, 0.2) is 48.5 Å². The third-order valence-electron chi connectivity index (χ3n) is 4.60. The van der Waals surface area contributed by atoms with Gasteiger partial charge >= 0.3 is 0 Å². The lowest BCUT2D eigenvalue weighted by atomic mass is 10.0. The second-order valence-corrected chi connectivity index (χ2v) is 6.12. The van der Waals surface area contributed by atoms with Gasteiger partial charge in [0, 0.05) is 13.0 Å². The first-order valence-electron chi connectivity index (χ1n) is 8.36. The van der Waals surface area contributed by atoms with Crippen LogP contribution in [0.2, 0.25) is 0 Å². The number of benzene rings is 2. The van der Waals surface area contributed by atoms with Gasteiger partial charge in [0.25, 0.3) is 0 Å². The highest BCUT2D eigenvalue weighted by Crippen LogP contribution is 2.32. The lowest BCUT2D eigenvalue weighted by molar-refractivity contribution is -0.132. The van der Waals surface area contributed by atoms with Crippen LogP contribution in [-0.4, -0.2) is 24.5 Å². The lowest BCUT2D eigenvalue weighted by Gasteiger charge is -2.25. The molecule has 0 saturated carbocycles. The standard InChI is InChI=1S/C20H22FNO2/c1-24-19-11-9-15(14-17(19)21)10-12-20(23)22-13-5-8-18(22)16-6-3-2-4-7-16/h2-4,6-7,9,11,14,18H,5,8,10,12-13H2,1H3. The molecule has 126 valence electrons. The van der Waals surface area contributed by atoms with E-state index in [0.29, 0.717) is 12.8 Å². The molecule has 4 heteroatoms. The van der Waals surface area contributed by atoms with Crippen molar-refractivity contribution in [2.75, 3.05) is 13.7 Å². The molecule has 2 aromatic rings. The molecule has 1 heterocycles. The SMILES string of the molecule is COc1ccc(CCC(=O)N2CCCC2c2ccccc2)cc1F. The number of hydrogen-bond acceptors (Lipinski definition) is 2. The van der Waals surface area contributed by atoms with Crippen molar-refractivity contribution in [1.82, 2.24) is 4.90 Å². The Bertz CT molecular complexity index is 702. The van der Waals surface area contributed by atoms with Crippen molar-refractivity contribution in [1.29, 1.82) is 0 Å². The van der Waals surface area contributed by atoms with Crippen molar-refractivity contribution in [2.45, 2.75) is 31.7 Å². The summed E-state index contributed by atoms with van der Waals surface area (Å²) in [5, 5.41) is 0. The number of likely N-dealkylation sites (tertiary alicyclic amines) is 1. The van der Waals surface area contributed by atoms with E-state index in [-0.39, 0.29) is 23.5 Å². The first-order valence-corrected chi connectivity index (χ1v) is 8.36. The highest BCUT2D eigenvalue weighted by atomic mass is 19.1.